The summed E-state index contributed by atoms with van der Waals surface area (Å²) in [4.78, 5) is 2.54. The fraction of sp³-hybridized carbons (Fsp3) is 0.765. The summed E-state index contributed by atoms with van der Waals surface area (Å²) in [5.74, 6) is 4.54. The summed E-state index contributed by atoms with van der Waals surface area (Å²) in [6, 6.07) is 4.60. The molecule has 0 bridgehead atoms. The van der Waals surface area contributed by atoms with E-state index in [1.54, 1.807) is 0 Å². The van der Waals surface area contributed by atoms with Crippen LogP contribution in [0.5, 0.6) is 0 Å². The van der Waals surface area contributed by atoms with Crippen LogP contribution in [-0.2, 0) is 0 Å². The minimum Gasteiger partial charge on any atom is -0.464 e. The Bertz CT molecular complexity index is 442. The van der Waals surface area contributed by atoms with Crippen molar-refractivity contribution in [1.29, 1.82) is 0 Å². The summed E-state index contributed by atoms with van der Waals surface area (Å²) in [5, 5.41) is 0. The molecule has 2 fully saturated rings. The van der Waals surface area contributed by atoms with Gasteiger partial charge < -0.3 is 10.2 Å². The highest BCUT2D eigenvalue weighted by molar-refractivity contribution is 5.19. The van der Waals surface area contributed by atoms with Gasteiger partial charge in [-0.2, -0.15) is 0 Å². The van der Waals surface area contributed by atoms with Crippen molar-refractivity contribution in [3.8, 4) is 0 Å². The summed E-state index contributed by atoms with van der Waals surface area (Å²) in [6.45, 7) is 7.58. The molecule has 2 aliphatic rings. The van der Waals surface area contributed by atoms with E-state index in [0.29, 0.717) is 12.5 Å². The summed E-state index contributed by atoms with van der Waals surface area (Å²) in [6.07, 6.45) is 5.22. The maximum absolute atomic E-state index is 6.13. The molecule has 0 spiro atoms. The first-order valence-electron chi connectivity index (χ1n) is 8.26. The first kappa shape index (κ1) is 14.2. The van der Waals surface area contributed by atoms with Crippen LogP contribution in [0.4, 0.5) is 0 Å². The van der Waals surface area contributed by atoms with Crippen molar-refractivity contribution in [3.63, 3.8) is 0 Å². The molecule has 3 rings (SSSR count). The Kier molecular flexibility index (Phi) is 4.18. The molecular weight excluding hydrogens is 248 g/mol. The number of likely N-dealkylation sites (tertiary alicyclic amines) is 1. The van der Waals surface area contributed by atoms with Crippen molar-refractivity contribution in [2.24, 2.45) is 17.6 Å². The Morgan fingerprint density at radius 1 is 1.45 bits per heavy atom. The number of hydrogen-bond donors (Lipinski definition) is 1. The van der Waals surface area contributed by atoms with E-state index in [0.717, 1.165) is 24.1 Å². The smallest absolute Gasteiger partial charge is 0.122 e. The molecule has 1 saturated carbocycles. The zero-order valence-corrected chi connectivity index (χ0v) is 12.8. The van der Waals surface area contributed by atoms with Gasteiger partial charge in [0.15, 0.2) is 0 Å². The second-order valence-electron chi connectivity index (χ2n) is 6.72. The number of furan rings is 1. The number of nitrogens with zero attached hydrogens (tertiary/aromatic N) is 1. The van der Waals surface area contributed by atoms with E-state index in [9.17, 15) is 0 Å². The van der Waals surface area contributed by atoms with Gasteiger partial charge >= 0.3 is 0 Å². The first-order valence-corrected chi connectivity index (χ1v) is 8.26. The van der Waals surface area contributed by atoms with Crippen LogP contribution in [-0.4, -0.2) is 24.5 Å². The lowest BCUT2D eigenvalue weighted by Crippen LogP contribution is -2.40. The molecule has 2 N–H and O–H groups in total. The Hall–Kier alpha value is -0.800. The molecule has 3 heteroatoms. The lowest BCUT2D eigenvalue weighted by molar-refractivity contribution is 0.111. The third kappa shape index (κ3) is 2.79. The predicted octanol–water partition coefficient (Wildman–Crippen LogP) is 3.52. The lowest BCUT2D eigenvalue weighted by Gasteiger charge is -2.36. The van der Waals surface area contributed by atoms with Crippen molar-refractivity contribution < 1.29 is 4.42 Å². The van der Waals surface area contributed by atoms with Crippen LogP contribution in [0.15, 0.2) is 16.5 Å². The van der Waals surface area contributed by atoms with Gasteiger partial charge in [-0.05, 0) is 49.8 Å². The molecule has 0 amide bonds. The van der Waals surface area contributed by atoms with Gasteiger partial charge in [-0.15, -0.1) is 0 Å². The van der Waals surface area contributed by atoms with E-state index in [-0.39, 0.29) is 6.04 Å². The third-order valence-electron chi connectivity index (χ3n) is 5.24. The van der Waals surface area contributed by atoms with E-state index in [2.05, 4.69) is 30.9 Å². The predicted molar refractivity (Wildman–Crippen MR) is 81.6 cm³/mol. The van der Waals surface area contributed by atoms with E-state index in [4.69, 9.17) is 10.2 Å². The highest BCUT2D eigenvalue weighted by Gasteiger charge is 2.37. The highest BCUT2D eigenvalue weighted by atomic mass is 16.3. The van der Waals surface area contributed by atoms with Crippen LogP contribution < -0.4 is 5.73 Å². The van der Waals surface area contributed by atoms with Crippen molar-refractivity contribution in [2.45, 2.75) is 51.5 Å². The fourth-order valence-electron chi connectivity index (χ4n) is 3.62. The highest BCUT2D eigenvalue weighted by Crippen LogP contribution is 2.47. The molecule has 112 valence electrons. The second-order valence-corrected chi connectivity index (χ2v) is 6.72. The van der Waals surface area contributed by atoms with Gasteiger partial charge in [-0.1, -0.05) is 20.3 Å². The molecule has 20 heavy (non-hydrogen) atoms. The third-order valence-corrected chi connectivity index (χ3v) is 5.24. The molecule has 0 aromatic carbocycles. The number of piperidine rings is 1. The van der Waals surface area contributed by atoms with Gasteiger partial charge in [0, 0.05) is 19.0 Å². The Morgan fingerprint density at radius 3 is 2.90 bits per heavy atom. The number of hydrogen-bond acceptors (Lipinski definition) is 3. The second kappa shape index (κ2) is 5.90. The van der Waals surface area contributed by atoms with E-state index in [1.807, 2.05) is 0 Å². The van der Waals surface area contributed by atoms with Crippen LogP contribution in [0, 0.1) is 11.8 Å². The van der Waals surface area contributed by atoms with Crippen LogP contribution in [0.1, 0.15) is 63.0 Å². The van der Waals surface area contributed by atoms with E-state index in [1.165, 1.54) is 38.0 Å². The van der Waals surface area contributed by atoms with Gasteiger partial charge in [0.05, 0.1) is 6.04 Å². The van der Waals surface area contributed by atoms with Gasteiger partial charge in [0.1, 0.15) is 11.5 Å². The maximum Gasteiger partial charge on any atom is 0.122 e. The zero-order chi connectivity index (χ0) is 14.1. The Labute approximate surface area is 122 Å². The molecule has 3 nitrogen and oxygen atoms in total. The summed E-state index contributed by atoms with van der Waals surface area (Å²) in [5.41, 5.74) is 6.05. The molecule has 1 aliphatic carbocycles. The van der Waals surface area contributed by atoms with Crippen LogP contribution >= 0.6 is 0 Å². The zero-order valence-electron chi connectivity index (χ0n) is 12.8. The summed E-state index contributed by atoms with van der Waals surface area (Å²) in [7, 11) is 0. The topological polar surface area (TPSA) is 42.4 Å². The van der Waals surface area contributed by atoms with E-state index < -0.39 is 0 Å². The van der Waals surface area contributed by atoms with E-state index >= 15 is 0 Å². The van der Waals surface area contributed by atoms with Gasteiger partial charge in [-0.25, -0.2) is 0 Å². The average Bonchev–Trinajstić information content (AvgIpc) is 3.01. The number of nitrogens with two attached hydrogens (primary N) is 1. The molecular formula is C17H28N2O. The Morgan fingerprint density at radius 2 is 2.25 bits per heavy atom. The van der Waals surface area contributed by atoms with Gasteiger partial charge in [0.25, 0.3) is 0 Å². The van der Waals surface area contributed by atoms with Crippen molar-refractivity contribution >= 4 is 0 Å². The largest absolute Gasteiger partial charge is 0.464 e. The summed E-state index contributed by atoms with van der Waals surface area (Å²) >= 11 is 0. The minimum absolute atomic E-state index is 0.271. The quantitative estimate of drug-likeness (QED) is 0.894. The van der Waals surface area contributed by atoms with Crippen LogP contribution in [0.3, 0.4) is 0 Å². The lowest BCUT2D eigenvalue weighted by atomic mass is 9.94. The average molecular weight is 276 g/mol. The van der Waals surface area contributed by atoms with Crippen LogP contribution in [0.2, 0.25) is 0 Å². The summed E-state index contributed by atoms with van der Waals surface area (Å²) < 4.78 is 6.13. The first-order chi connectivity index (χ1) is 9.72. The SMILES string of the molecule is CCC1CCCN(C(CN)c2ccc(C3CC3C)o2)C1. The fourth-order valence-corrected chi connectivity index (χ4v) is 3.62. The standard InChI is InChI=1S/C17H28N2O/c1-3-13-5-4-8-19(11-13)15(10-18)17-7-6-16(20-17)14-9-12(14)2/h6-7,12-15H,3-5,8-11,18H2,1-2H3. The van der Waals surface area contributed by atoms with Crippen LogP contribution in [0.25, 0.3) is 0 Å². The van der Waals surface area contributed by atoms with Crippen molar-refractivity contribution in [2.75, 3.05) is 19.6 Å². The Balaban J connectivity index is 1.70. The molecule has 4 atom stereocenters. The maximum atomic E-state index is 6.13. The molecule has 2 heterocycles. The van der Waals surface area contributed by atoms with Gasteiger partial charge in [-0.3, -0.25) is 4.90 Å². The minimum atomic E-state index is 0.271. The molecule has 4 unspecified atom stereocenters. The van der Waals surface area contributed by atoms with Crippen molar-refractivity contribution in [3.05, 3.63) is 23.7 Å². The monoisotopic (exact) mass is 276 g/mol. The molecule has 1 aliphatic heterocycles. The molecule has 1 aromatic heterocycles. The van der Waals surface area contributed by atoms with Crippen molar-refractivity contribution in [1.82, 2.24) is 4.90 Å². The molecule has 1 saturated heterocycles. The normalized spacial score (nSPS) is 32.2. The molecule has 0 radical (unpaired) electrons. The van der Waals surface area contributed by atoms with Gasteiger partial charge in [0.2, 0.25) is 0 Å². The molecule has 1 aromatic rings. The number of rotatable bonds is 5.